The Morgan fingerprint density at radius 3 is 2.40 bits per heavy atom. The number of hydrogen-bond donors (Lipinski definition) is 0. The van der Waals surface area contributed by atoms with Gasteiger partial charge in [-0.2, -0.15) is 4.99 Å². The van der Waals surface area contributed by atoms with E-state index in [1.807, 2.05) is 48.6 Å². The first-order chi connectivity index (χ1) is 12.0. The minimum atomic E-state index is -0.354. The number of aryl methyl sites for hydroxylation is 2. The standard InChI is InChI=1S/C19H23N3O2S/c1-13-6-8-16(9-7-13)17(23)20-19-22(12-14(2)25-19)15(3)18(24)21-10-4-5-11-21/h6-9,12,15H,4-5,10-11H2,1-3H3. The average molecular weight is 357 g/mol. The highest BCUT2D eigenvalue weighted by Gasteiger charge is 2.25. The highest BCUT2D eigenvalue weighted by atomic mass is 32.1. The maximum absolute atomic E-state index is 12.7. The third-order valence-corrected chi connectivity index (χ3v) is 5.39. The van der Waals surface area contributed by atoms with Crippen molar-refractivity contribution in [3.05, 3.63) is 51.3 Å². The Morgan fingerprint density at radius 2 is 1.76 bits per heavy atom. The van der Waals surface area contributed by atoms with Crippen LogP contribution in [-0.4, -0.2) is 34.4 Å². The van der Waals surface area contributed by atoms with Gasteiger partial charge in [0.05, 0.1) is 0 Å². The van der Waals surface area contributed by atoms with Gasteiger partial charge in [0.2, 0.25) is 5.91 Å². The Hall–Kier alpha value is -2.21. The number of amides is 2. The summed E-state index contributed by atoms with van der Waals surface area (Å²) in [5, 5.41) is 0. The molecule has 0 bridgehead atoms. The van der Waals surface area contributed by atoms with Crippen LogP contribution in [0.15, 0.2) is 35.5 Å². The van der Waals surface area contributed by atoms with Gasteiger partial charge in [0, 0.05) is 29.7 Å². The molecule has 6 heteroatoms. The number of aromatic nitrogens is 1. The summed E-state index contributed by atoms with van der Waals surface area (Å²) in [6, 6.07) is 7.01. The molecule has 1 fully saturated rings. The molecule has 3 rings (SSSR count). The fourth-order valence-electron chi connectivity index (χ4n) is 3.00. The number of rotatable bonds is 3. The molecular formula is C19H23N3O2S. The van der Waals surface area contributed by atoms with Gasteiger partial charge in [-0.25, -0.2) is 0 Å². The van der Waals surface area contributed by atoms with E-state index in [2.05, 4.69) is 4.99 Å². The van der Waals surface area contributed by atoms with Crippen molar-refractivity contribution in [3.8, 4) is 0 Å². The molecule has 0 radical (unpaired) electrons. The predicted octanol–water partition coefficient (Wildman–Crippen LogP) is 3.09. The lowest BCUT2D eigenvalue weighted by atomic mass is 10.1. The summed E-state index contributed by atoms with van der Waals surface area (Å²) < 4.78 is 1.83. The molecule has 1 saturated heterocycles. The maximum Gasteiger partial charge on any atom is 0.279 e. The number of carbonyl (C=O) groups excluding carboxylic acids is 2. The Bertz CT molecular complexity index is 842. The summed E-state index contributed by atoms with van der Waals surface area (Å²) in [6.07, 6.45) is 4.04. The molecule has 0 spiro atoms. The Morgan fingerprint density at radius 1 is 1.12 bits per heavy atom. The van der Waals surface area contributed by atoms with Crippen molar-refractivity contribution in [1.29, 1.82) is 0 Å². The fourth-order valence-corrected chi connectivity index (χ4v) is 3.90. The Labute approximate surface area is 151 Å². The zero-order valence-electron chi connectivity index (χ0n) is 14.9. The number of thiazole rings is 1. The van der Waals surface area contributed by atoms with E-state index in [9.17, 15) is 9.59 Å². The molecule has 25 heavy (non-hydrogen) atoms. The number of benzene rings is 1. The van der Waals surface area contributed by atoms with Gasteiger partial charge in [-0.1, -0.05) is 17.7 Å². The van der Waals surface area contributed by atoms with Crippen LogP contribution in [0.5, 0.6) is 0 Å². The molecule has 1 aliphatic rings. The molecular weight excluding hydrogens is 334 g/mol. The van der Waals surface area contributed by atoms with Gasteiger partial charge in [0.1, 0.15) is 6.04 Å². The van der Waals surface area contributed by atoms with Crippen LogP contribution in [0.25, 0.3) is 0 Å². The van der Waals surface area contributed by atoms with E-state index >= 15 is 0 Å². The van der Waals surface area contributed by atoms with Gasteiger partial charge in [0.15, 0.2) is 4.80 Å². The third-order valence-electron chi connectivity index (χ3n) is 4.48. The first-order valence-corrected chi connectivity index (χ1v) is 9.40. The maximum atomic E-state index is 12.7. The second kappa shape index (κ2) is 7.35. The van der Waals surface area contributed by atoms with E-state index in [0.29, 0.717) is 10.4 Å². The van der Waals surface area contributed by atoms with Gasteiger partial charge in [-0.3, -0.25) is 9.59 Å². The number of likely N-dealkylation sites (tertiary alicyclic amines) is 1. The van der Waals surface area contributed by atoms with Crippen LogP contribution in [0.1, 0.15) is 46.6 Å². The zero-order chi connectivity index (χ0) is 18.0. The minimum Gasteiger partial charge on any atom is -0.341 e. The summed E-state index contributed by atoms with van der Waals surface area (Å²) in [6.45, 7) is 7.46. The van der Waals surface area contributed by atoms with Crippen molar-refractivity contribution in [2.45, 2.75) is 39.7 Å². The molecule has 2 heterocycles. The van der Waals surface area contributed by atoms with Crippen molar-refractivity contribution in [2.24, 2.45) is 4.99 Å². The molecule has 1 aromatic carbocycles. The smallest absolute Gasteiger partial charge is 0.279 e. The van der Waals surface area contributed by atoms with Crippen molar-refractivity contribution in [1.82, 2.24) is 9.47 Å². The average Bonchev–Trinajstić information content (AvgIpc) is 3.24. The molecule has 2 amide bonds. The number of hydrogen-bond acceptors (Lipinski definition) is 3. The summed E-state index contributed by atoms with van der Waals surface area (Å²) in [7, 11) is 0. The van der Waals surface area contributed by atoms with Crippen molar-refractivity contribution >= 4 is 23.2 Å². The predicted molar refractivity (Wildman–Crippen MR) is 98.6 cm³/mol. The van der Waals surface area contributed by atoms with E-state index < -0.39 is 0 Å². The van der Waals surface area contributed by atoms with E-state index in [-0.39, 0.29) is 17.9 Å². The fraction of sp³-hybridized carbons (Fsp3) is 0.421. The van der Waals surface area contributed by atoms with Crippen LogP contribution in [0.4, 0.5) is 0 Å². The lowest BCUT2D eigenvalue weighted by Gasteiger charge is -2.21. The highest BCUT2D eigenvalue weighted by Crippen LogP contribution is 2.16. The Kier molecular flexibility index (Phi) is 5.18. The summed E-state index contributed by atoms with van der Waals surface area (Å²) in [4.78, 5) is 32.9. The van der Waals surface area contributed by atoms with Crippen LogP contribution < -0.4 is 4.80 Å². The SMILES string of the molecule is Cc1ccc(C(=O)N=c2sc(C)cn2C(C)C(=O)N2CCCC2)cc1. The van der Waals surface area contributed by atoms with Crippen molar-refractivity contribution < 1.29 is 9.59 Å². The van der Waals surface area contributed by atoms with Crippen LogP contribution in [0.3, 0.4) is 0 Å². The van der Waals surface area contributed by atoms with E-state index in [1.54, 1.807) is 12.1 Å². The summed E-state index contributed by atoms with van der Waals surface area (Å²) in [5.74, 6) is -0.184. The molecule has 132 valence electrons. The van der Waals surface area contributed by atoms with Gasteiger partial charge in [-0.15, -0.1) is 11.3 Å². The van der Waals surface area contributed by atoms with E-state index in [4.69, 9.17) is 0 Å². The van der Waals surface area contributed by atoms with Gasteiger partial charge >= 0.3 is 0 Å². The van der Waals surface area contributed by atoms with Gasteiger partial charge in [0.25, 0.3) is 5.91 Å². The zero-order valence-corrected chi connectivity index (χ0v) is 15.7. The van der Waals surface area contributed by atoms with Crippen LogP contribution in [-0.2, 0) is 4.79 Å². The molecule has 1 aromatic heterocycles. The van der Waals surface area contributed by atoms with Gasteiger partial charge < -0.3 is 9.47 Å². The molecule has 1 atom stereocenters. The number of nitrogens with zero attached hydrogens (tertiary/aromatic N) is 3. The van der Waals surface area contributed by atoms with Crippen LogP contribution >= 0.6 is 11.3 Å². The summed E-state index contributed by atoms with van der Waals surface area (Å²) >= 11 is 1.43. The normalized spacial score (nSPS) is 16.3. The van der Waals surface area contributed by atoms with Crippen LogP contribution in [0.2, 0.25) is 0 Å². The molecule has 0 saturated carbocycles. The monoisotopic (exact) mass is 357 g/mol. The summed E-state index contributed by atoms with van der Waals surface area (Å²) in [5.41, 5.74) is 1.66. The molecule has 0 N–H and O–H groups in total. The molecule has 2 aromatic rings. The first-order valence-electron chi connectivity index (χ1n) is 8.59. The van der Waals surface area contributed by atoms with Gasteiger partial charge in [-0.05, 0) is 45.7 Å². The second-order valence-corrected chi connectivity index (χ2v) is 7.74. The first kappa shape index (κ1) is 17.6. The molecule has 1 unspecified atom stereocenters. The molecule has 0 aliphatic carbocycles. The van der Waals surface area contributed by atoms with Crippen molar-refractivity contribution in [2.75, 3.05) is 13.1 Å². The number of carbonyl (C=O) groups is 2. The topological polar surface area (TPSA) is 54.7 Å². The van der Waals surface area contributed by atoms with E-state index in [1.165, 1.54) is 11.3 Å². The van der Waals surface area contributed by atoms with E-state index in [0.717, 1.165) is 36.4 Å². The second-order valence-electron chi connectivity index (χ2n) is 6.52. The quantitative estimate of drug-likeness (QED) is 0.848. The Balaban J connectivity index is 1.90. The lowest BCUT2D eigenvalue weighted by molar-refractivity contribution is -0.133. The lowest BCUT2D eigenvalue weighted by Crippen LogP contribution is -2.36. The molecule has 1 aliphatic heterocycles. The highest BCUT2D eigenvalue weighted by molar-refractivity contribution is 7.09. The third kappa shape index (κ3) is 3.90. The van der Waals surface area contributed by atoms with Crippen molar-refractivity contribution in [3.63, 3.8) is 0 Å². The van der Waals surface area contributed by atoms with Crippen LogP contribution in [0, 0.1) is 13.8 Å². The largest absolute Gasteiger partial charge is 0.341 e. The molecule has 5 nitrogen and oxygen atoms in total. The minimum absolute atomic E-state index is 0.0968.